The van der Waals surface area contributed by atoms with Crippen LogP contribution in [0.3, 0.4) is 0 Å². The molecule has 0 radical (unpaired) electrons. The molecule has 1 amide bonds. The van der Waals surface area contributed by atoms with Crippen molar-refractivity contribution in [3.63, 3.8) is 0 Å². The summed E-state index contributed by atoms with van der Waals surface area (Å²) in [6.07, 6.45) is -4.55. The van der Waals surface area contributed by atoms with Crippen LogP contribution in [-0.2, 0) is 15.7 Å². The lowest BCUT2D eigenvalue weighted by Gasteiger charge is -2.16. The maximum Gasteiger partial charge on any atom is 0.416 e. The number of rotatable bonds is 8. The van der Waals surface area contributed by atoms with E-state index in [4.69, 9.17) is 21.1 Å². The fourth-order valence-electron chi connectivity index (χ4n) is 2.16. The largest absolute Gasteiger partial charge is 0.489 e. The second-order valence-corrected chi connectivity index (χ2v) is 5.99. The quantitative estimate of drug-likeness (QED) is 0.485. The lowest BCUT2D eigenvalue weighted by atomic mass is 10.1. The predicted octanol–water partition coefficient (Wildman–Crippen LogP) is 4.57. The third-order valence-corrected chi connectivity index (χ3v) is 3.78. The molecule has 0 unspecified atom stereocenters. The molecular formula is C18H17ClF4N2O3. The van der Waals surface area contributed by atoms with Crippen LogP contribution >= 0.6 is 11.6 Å². The van der Waals surface area contributed by atoms with Gasteiger partial charge in [0.05, 0.1) is 29.4 Å². The molecule has 0 saturated carbocycles. The summed E-state index contributed by atoms with van der Waals surface area (Å²) in [6.45, 7) is 0.0139. The summed E-state index contributed by atoms with van der Waals surface area (Å²) >= 11 is 5.64. The van der Waals surface area contributed by atoms with Gasteiger partial charge in [0.1, 0.15) is 18.2 Å². The van der Waals surface area contributed by atoms with Crippen LogP contribution in [0.4, 0.5) is 28.9 Å². The van der Waals surface area contributed by atoms with Gasteiger partial charge in [0, 0.05) is 12.8 Å². The van der Waals surface area contributed by atoms with Gasteiger partial charge in [-0.15, -0.1) is 0 Å². The van der Waals surface area contributed by atoms with Gasteiger partial charge in [-0.3, -0.25) is 4.79 Å². The minimum absolute atomic E-state index is 0.00165. The van der Waals surface area contributed by atoms with Crippen LogP contribution in [-0.4, -0.2) is 32.8 Å². The Hall–Kier alpha value is -2.52. The Bertz CT molecular complexity index is 831. The monoisotopic (exact) mass is 420 g/mol. The molecule has 0 aliphatic rings. The molecule has 2 N–H and O–H groups in total. The second kappa shape index (κ2) is 9.61. The van der Waals surface area contributed by atoms with E-state index in [2.05, 4.69) is 10.6 Å². The van der Waals surface area contributed by atoms with Gasteiger partial charge in [0.15, 0.2) is 0 Å². The SMILES string of the molecule is COCCOc1ccc(C(F)(F)F)cc1NCC(=O)Nc1ccc(F)c(Cl)c1. The Morgan fingerprint density at radius 2 is 1.89 bits per heavy atom. The van der Waals surface area contributed by atoms with Gasteiger partial charge in [0.2, 0.25) is 5.91 Å². The molecule has 10 heteroatoms. The number of carbonyl (C=O) groups excluding carboxylic acids is 1. The van der Waals surface area contributed by atoms with Crippen molar-refractivity contribution in [3.8, 4) is 5.75 Å². The van der Waals surface area contributed by atoms with Gasteiger partial charge >= 0.3 is 6.18 Å². The highest BCUT2D eigenvalue weighted by atomic mass is 35.5. The third kappa shape index (κ3) is 6.28. The molecular weight excluding hydrogens is 404 g/mol. The number of hydrogen-bond acceptors (Lipinski definition) is 4. The molecule has 0 spiro atoms. The Balaban J connectivity index is 2.08. The fraction of sp³-hybridized carbons (Fsp3) is 0.278. The van der Waals surface area contributed by atoms with Gasteiger partial charge in [-0.25, -0.2) is 4.39 Å². The van der Waals surface area contributed by atoms with E-state index >= 15 is 0 Å². The van der Waals surface area contributed by atoms with Gasteiger partial charge in [0.25, 0.3) is 0 Å². The lowest BCUT2D eigenvalue weighted by Crippen LogP contribution is -2.22. The van der Waals surface area contributed by atoms with Crippen molar-refractivity contribution in [2.24, 2.45) is 0 Å². The van der Waals surface area contributed by atoms with Crippen LogP contribution in [0.15, 0.2) is 36.4 Å². The third-order valence-electron chi connectivity index (χ3n) is 3.49. The molecule has 28 heavy (non-hydrogen) atoms. The molecule has 0 fully saturated rings. The topological polar surface area (TPSA) is 59.6 Å². The summed E-state index contributed by atoms with van der Waals surface area (Å²) in [7, 11) is 1.46. The minimum Gasteiger partial charge on any atom is -0.489 e. The average Bonchev–Trinajstić information content (AvgIpc) is 2.63. The number of benzene rings is 2. The first-order valence-electron chi connectivity index (χ1n) is 8.02. The Kier molecular flexibility index (Phi) is 7.47. The van der Waals surface area contributed by atoms with E-state index in [1.807, 2.05) is 0 Å². The highest BCUT2D eigenvalue weighted by Gasteiger charge is 2.31. The summed E-state index contributed by atoms with van der Waals surface area (Å²) in [5.74, 6) is -1.06. The van der Waals surface area contributed by atoms with E-state index in [9.17, 15) is 22.4 Å². The summed E-state index contributed by atoms with van der Waals surface area (Å²) in [6, 6.07) is 6.51. The zero-order valence-electron chi connectivity index (χ0n) is 14.7. The number of halogens is 5. The first-order chi connectivity index (χ1) is 13.2. The van der Waals surface area contributed by atoms with Crippen LogP contribution in [0, 0.1) is 5.82 Å². The van der Waals surface area contributed by atoms with Crippen molar-refractivity contribution in [1.82, 2.24) is 0 Å². The summed E-state index contributed by atoms with van der Waals surface area (Å²) in [5.41, 5.74) is -0.642. The Morgan fingerprint density at radius 3 is 2.54 bits per heavy atom. The predicted molar refractivity (Wildman–Crippen MR) is 97.3 cm³/mol. The molecule has 0 atom stereocenters. The molecule has 0 aliphatic carbocycles. The van der Waals surface area contributed by atoms with Crippen molar-refractivity contribution >= 4 is 28.9 Å². The van der Waals surface area contributed by atoms with Crippen molar-refractivity contribution in [3.05, 3.63) is 52.8 Å². The van der Waals surface area contributed by atoms with Crippen molar-refractivity contribution < 1.29 is 31.8 Å². The number of nitrogens with one attached hydrogen (secondary N) is 2. The van der Waals surface area contributed by atoms with Crippen LogP contribution < -0.4 is 15.4 Å². The lowest BCUT2D eigenvalue weighted by molar-refractivity contribution is -0.137. The first-order valence-corrected chi connectivity index (χ1v) is 8.40. The molecule has 0 bridgehead atoms. The van der Waals surface area contributed by atoms with Gasteiger partial charge in [-0.05, 0) is 36.4 Å². The van der Waals surface area contributed by atoms with Crippen molar-refractivity contribution in [2.45, 2.75) is 6.18 Å². The summed E-state index contributed by atoms with van der Waals surface area (Å²) in [5, 5.41) is 4.91. The highest BCUT2D eigenvalue weighted by molar-refractivity contribution is 6.31. The number of carbonyl (C=O) groups is 1. The summed E-state index contributed by atoms with van der Waals surface area (Å²) in [4.78, 5) is 12.0. The van der Waals surface area contributed by atoms with Crippen molar-refractivity contribution in [2.75, 3.05) is 37.5 Å². The van der Waals surface area contributed by atoms with Crippen LogP contribution in [0.1, 0.15) is 5.56 Å². The Morgan fingerprint density at radius 1 is 1.14 bits per heavy atom. The zero-order chi connectivity index (χ0) is 20.7. The standard InChI is InChI=1S/C18H17ClF4N2O3/c1-27-6-7-28-16-5-2-11(18(21,22)23)8-15(16)24-10-17(26)25-12-3-4-14(20)13(19)9-12/h2-5,8-9,24H,6-7,10H2,1H3,(H,25,26). The number of methoxy groups -OCH3 is 1. The van der Waals surface area contributed by atoms with Gasteiger partial charge < -0.3 is 20.1 Å². The second-order valence-electron chi connectivity index (χ2n) is 5.58. The van der Waals surface area contributed by atoms with E-state index in [0.29, 0.717) is 0 Å². The molecule has 0 heterocycles. The molecule has 0 aromatic heterocycles. The maximum absolute atomic E-state index is 13.1. The number of amides is 1. The molecule has 0 saturated heterocycles. The molecule has 5 nitrogen and oxygen atoms in total. The molecule has 2 aromatic rings. The van der Waals surface area contributed by atoms with E-state index < -0.39 is 23.5 Å². The number of alkyl halides is 3. The smallest absolute Gasteiger partial charge is 0.416 e. The minimum atomic E-state index is -4.55. The highest BCUT2D eigenvalue weighted by Crippen LogP contribution is 2.35. The normalized spacial score (nSPS) is 11.2. The van der Waals surface area contributed by atoms with Crippen molar-refractivity contribution in [1.29, 1.82) is 0 Å². The molecule has 0 aliphatic heterocycles. The van der Waals surface area contributed by atoms with E-state index in [1.165, 1.54) is 25.3 Å². The fourth-order valence-corrected chi connectivity index (χ4v) is 2.34. The number of anilines is 2. The van der Waals surface area contributed by atoms with Crippen LogP contribution in [0.25, 0.3) is 0 Å². The molecule has 2 aromatic carbocycles. The number of hydrogen-bond donors (Lipinski definition) is 2. The van der Waals surface area contributed by atoms with E-state index in [1.54, 1.807) is 0 Å². The van der Waals surface area contributed by atoms with E-state index in [0.717, 1.165) is 18.2 Å². The average molecular weight is 421 g/mol. The van der Waals surface area contributed by atoms with Gasteiger partial charge in [-0.1, -0.05) is 11.6 Å². The summed E-state index contributed by atoms with van der Waals surface area (Å²) < 4.78 is 62.2. The van der Waals surface area contributed by atoms with Crippen LogP contribution in [0.5, 0.6) is 5.75 Å². The van der Waals surface area contributed by atoms with E-state index in [-0.39, 0.29) is 41.9 Å². The number of ether oxygens (including phenoxy) is 2. The molecule has 152 valence electrons. The zero-order valence-corrected chi connectivity index (χ0v) is 15.5. The Labute approximate surface area is 163 Å². The van der Waals surface area contributed by atoms with Gasteiger partial charge in [-0.2, -0.15) is 13.2 Å². The first kappa shape index (κ1) is 21.8. The van der Waals surface area contributed by atoms with Crippen LogP contribution in [0.2, 0.25) is 5.02 Å². The molecule has 2 rings (SSSR count). The maximum atomic E-state index is 13.1.